The number of hydrogen-bond acceptors (Lipinski definition) is 2. The highest BCUT2D eigenvalue weighted by atomic mass is 15.1. The maximum atomic E-state index is 3.54. The summed E-state index contributed by atoms with van der Waals surface area (Å²) >= 11 is 0. The minimum atomic E-state index is 0.395. The third-order valence-electron chi connectivity index (χ3n) is 2.38. The molecule has 0 amide bonds. The zero-order chi connectivity index (χ0) is 12.1. The second-order valence-electron chi connectivity index (χ2n) is 6.89. The summed E-state index contributed by atoms with van der Waals surface area (Å²) in [5.41, 5.74) is 0.806. The van der Waals surface area contributed by atoms with Gasteiger partial charge in [-0.25, -0.2) is 0 Å². The van der Waals surface area contributed by atoms with E-state index in [0.717, 1.165) is 19.6 Å². The third kappa shape index (κ3) is 10.2. The molecular formula is C13H30N2. The van der Waals surface area contributed by atoms with Crippen LogP contribution in [0, 0.1) is 10.8 Å². The third-order valence-corrected chi connectivity index (χ3v) is 2.38. The highest BCUT2D eigenvalue weighted by Crippen LogP contribution is 2.20. The molecule has 0 spiro atoms. The van der Waals surface area contributed by atoms with Gasteiger partial charge in [0.15, 0.2) is 0 Å². The van der Waals surface area contributed by atoms with Crippen molar-refractivity contribution in [3.63, 3.8) is 0 Å². The van der Waals surface area contributed by atoms with E-state index in [-0.39, 0.29) is 0 Å². The molecule has 0 aliphatic carbocycles. The largest absolute Gasteiger partial charge is 0.316 e. The van der Waals surface area contributed by atoms with E-state index in [1.54, 1.807) is 0 Å². The van der Waals surface area contributed by atoms with Gasteiger partial charge >= 0.3 is 0 Å². The summed E-state index contributed by atoms with van der Waals surface area (Å²) < 4.78 is 0. The van der Waals surface area contributed by atoms with Crippen molar-refractivity contribution in [2.24, 2.45) is 10.8 Å². The van der Waals surface area contributed by atoms with Crippen molar-refractivity contribution in [1.82, 2.24) is 10.2 Å². The molecule has 0 aromatic carbocycles. The summed E-state index contributed by atoms with van der Waals surface area (Å²) in [4.78, 5) is 2.27. The second kappa shape index (κ2) is 5.86. The van der Waals surface area contributed by atoms with Gasteiger partial charge in [-0.1, -0.05) is 34.6 Å². The van der Waals surface area contributed by atoms with Gasteiger partial charge in [0.1, 0.15) is 0 Å². The topological polar surface area (TPSA) is 15.3 Å². The van der Waals surface area contributed by atoms with Crippen LogP contribution in [0.5, 0.6) is 0 Å². The van der Waals surface area contributed by atoms with E-state index < -0.39 is 0 Å². The molecule has 0 aliphatic heterocycles. The zero-order valence-electron chi connectivity index (χ0n) is 11.8. The van der Waals surface area contributed by atoms with E-state index in [1.807, 2.05) is 0 Å². The normalized spacial score (nSPS) is 13.6. The number of hydrogen-bond donors (Lipinski definition) is 1. The fourth-order valence-electron chi connectivity index (χ4n) is 1.83. The molecule has 0 heterocycles. The summed E-state index contributed by atoms with van der Waals surface area (Å²) in [7, 11) is 4.29. The van der Waals surface area contributed by atoms with Crippen LogP contribution in [0.4, 0.5) is 0 Å². The minimum Gasteiger partial charge on any atom is -0.316 e. The number of nitrogens with zero attached hydrogens (tertiary/aromatic N) is 1. The molecule has 0 unspecified atom stereocenters. The van der Waals surface area contributed by atoms with Gasteiger partial charge in [0.25, 0.3) is 0 Å². The lowest BCUT2D eigenvalue weighted by Crippen LogP contribution is -2.34. The van der Waals surface area contributed by atoms with Crippen LogP contribution in [0.1, 0.15) is 41.0 Å². The lowest BCUT2D eigenvalue weighted by Gasteiger charge is -2.29. The Morgan fingerprint density at radius 2 is 1.53 bits per heavy atom. The molecule has 0 saturated carbocycles. The molecule has 1 N–H and O–H groups in total. The Kier molecular flexibility index (Phi) is 5.82. The average molecular weight is 214 g/mol. The molecule has 0 rings (SSSR count). The van der Waals surface area contributed by atoms with Crippen molar-refractivity contribution in [3.8, 4) is 0 Å². The van der Waals surface area contributed by atoms with Gasteiger partial charge in [-0.2, -0.15) is 0 Å². The molecule has 0 aliphatic rings. The monoisotopic (exact) mass is 214 g/mol. The predicted octanol–water partition coefficient (Wildman–Crippen LogP) is 2.60. The van der Waals surface area contributed by atoms with Gasteiger partial charge in [0.2, 0.25) is 0 Å². The molecule has 0 atom stereocenters. The lowest BCUT2D eigenvalue weighted by molar-refractivity contribution is 0.221. The maximum absolute atomic E-state index is 3.54. The van der Waals surface area contributed by atoms with Crippen LogP contribution in [0.3, 0.4) is 0 Å². The first kappa shape index (κ1) is 14.9. The molecular weight excluding hydrogens is 184 g/mol. The summed E-state index contributed by atoms with van der Waals surface area (Å²) in [5, 5.41) is 3.54. The van der Waals surface area contributed by atoms with E-state index >= 15 is 0 Å². The van der Waals surface area contributed by atoms with Gasteiger partial charge < -0.3 is 10.2 Å². The Labute approximate surface area is 96.4 Å². The Morgan fingerprint density at radius 3 is 1.93 bits per heavy atom. The first-order valence-corrected chi connectivity index (χ1v) is 5.98. The summed E-state index contributed by atoms with van der Waals surface area (Å²) in [6.45, 7) is 14.9. The molecule has 2 nitrogen and oxygen atoms in total. The first-order valence-electron chi connectivity index (χ1n) is 5.98. The highest BCUT2D eigenvalue weighted by molar-refractivity contribution is 4.73. The van der Waals surface area contributed by atoms with E-state index in [1.165, 1.54) is 6.42 Å². The molecule has 15 heavy (non-hydrogen) atoms. The molecule has 0 radical (unpaired) electrons. The van der Waals surface area contributed by atoms with Gasteiger partial charge in [0.05, 0.1) is 0 Å². The summed E-state index contributed by atoms with van der Waals surface area (Å²) in [5.74, 6) is 0. The average Bonchev–Trinajstić information content (AvgIpc) is 1.93. The van der Waals surface area contributed by atoms with Crippen molar-refractivity contribution in [2.75, 3.05) is 33.7 Å². The summed E-state index contributed by atoms with van der Waals surface area (Å²) in [6.07, 6.45) is 1.24. The molecule has 0 fully saturated rings. The van der Waals surface area contributed by atoms with Crippen molar-refractivity contribution >= 4 is 0 Å². The van der Waals surface area contributed by atoms with Gasteiger partial charge in [-0.05, 0) is 44.4 Å². The Hall–Kier alpha value is -0.0800. The van der Waals surface area contributed by atoms with Crippen molar-refractivity contribution < 1.29 is 0 Å². The fourth-order valence-corrected chi connectivity index (χ4v) is 1.83. The van der Waals surface area contributed by atoms with Crippen LogP contribution in [0.15, 0.2) is 0 Å². The van der Waals surface area contributed by atoms with Crippen LogP contribution in [-0.4, -0.2) is 38.6 Å². The van der Waals surface area contributed by atoms with Gasteiger partial charge in [-0.3, -0.25) is 0 Å². The Morgan fingerprint density at radius 1 is 1.00 bits per heavy atom. The molecule has 0 bridgehead atoms. The molecule has 2 heteroatoms. The van der Waals surface area contributed by atoms with Crippen molar-refractivity contribution in [1.29, 1.82) is 0 Å². The standard InChI is InChI=1S/C13H30N2/c1-12(2,3)10-14-9-8-13(4,5)11-15(6)7/h14H,8-11H2,1-7H3. The van der Waals surface area contributed by atoms with Gasteiger partial charge in [0, 0.05) is 6.54 Å². The van der Waals surface area contributed by atoms with Crippen LogP contribution < -0.4 is 5.32 Å². The predicted molar refractivity (Wildman–Crippen MR) is 69.3 cm³/mol. The Bertz CT molecular complexity index is 166. The van der Waals surface area contributed by atoms with Crippen LogP contribution in [-0.2, 0) is 0 Å². The summed E-state index contributed by atoms with van der Waals surface area (Å²) in [6, 6.07) is 0. The van der Waals surface area contributed by atoms with E-state index in [9.17, 15) is 0 Å². The van der Waals surface area contributed by atoms with Crippen molar-refractivity contribution in [3.05, 3.63) is 0 Å². The smallest absolute Gasteiger partial charge is 0.00271 e. The molecule has 92 valence electrons. The van der Waals surface area contributed by atoms with E-state index in [0.29, 0.717) is 10.8 Å². The first-order chi connectivity index (χ1) is 6.62. The number of rotatable bonds is 6. The molecule has 0 aromatic rings. The van der Waals surface area contributed by atoms with Gasteiger partial charge in [-0.15, -0.1) is 0 Å². The highest BCUT2D eigenvalue weighted by Gasteiger charge is 2.18. The second-order valence-corrected chi connectivity index (χ2v) is 6.89. The SMILES string of the molecule is CN(C)CC(C)(C)CCNCC(C)(C)C. The minimum absolute atomic E-state index is 0.395. The molecule has 0 saturated heterocycles. The van der Waals surface area contributed by atoms with Crippen molar-refractivity contribution in [2.45, 2.75) is 41.0 Å². The van der Waals surface area contributed by atoms with Crippen LogP contribution >= 0.6 is 0 Å². The van der Waals surface area contributed by atoms with E-state index in [4.69, 9.17) is 0 Å². The van der Waals surface area contributed by atoms with E-state index in [2.05, 4.69) is 58.9 Å². The maximum Gasteiger partial charge on any atom is 0.00271 e. The quantitative estimate of drug-likeness (QED) is 0.684. The van der Waals surface area contributed by atoms with Crippen LogP contribution in [0.2, 0.25) is 0 Å². The van der Waals surface area contributed by atoms with Crippen LogP contribution in [0.25, 0.3) is 0 Å². The fraction of sp³-hybridized carbons (Fsp3) is 1.00. The number of nitrogens with one attached hydrogen (secondary N) is 1. The lowest BCUT2D eigenvalue weighted by atomic mass is 9.88. The Balaban J connectivity index is 3.66. The molecule has 0 aromatic heterocycles. The zero-order valence-corrected chi connectivity index (χ0v) is 11.8.